The fourth-order valence-electron chi connectivity index (χ4n) is 3.51. The predicted octanol–water partition coefficient (Wildman–Crippen LogP) is 0.988. The van der Waals surface area contributed by atoms with Crippen LogP contribution in [0.1, 0.15) is 37.3 Å². The van der Waals surface area contributed by atoms with Crippen LogP contribution < -0.4 is 10.6 Å². The number of hydrogen-bond acceptors (Lipinski definition) is 5. The lowest BCUT2D eigenvalue weighted by molar-refractivity contribution is -0.122. The van der Waals surface area contributed by atoms with Crippen molar-refractivity contribution in [3.63, 3.8) is 0 Å². The molecule has 0 bridgehead atoms. The third kappa shape index (κ3) is 3.38. The predicted molar refractivity (Wildman–Crippen MR) is 85.6 cm³/mol. The number of likely N-dealkylation sites (N-methyl/N-ethyl adjacent to an activating group) is 1. The number of piperidine rings is 2. The summed E-state index contributed by atoms with van der Waals surface area (Å²) in [6, 6.07) is 0. The highest BCUT2D eigenvalue weighted by atomic mass is 16.1. The third-order valence-corrected chi connectivity index (χ3v) is 4.92. The number of amides is 1. The molecule has 3 rings (SSSR count). The Morgan fingerprint density at radius 3 is 2.55 bits per heavy atom. The molecule has 22 heavy (non-hydrogen) atoms. The zero-order valence-corrected chi connectivity index (χ0v) is 13.2. The Morgan fingerprint density at radius 1 is 1.18 bits per heavy atom. The minimum absolute atomic E-state index is 0.0151. The van der Waals surface area contributed by atoms with Gasteiger partial charge in [-0.15, -0.1) is 0 Å². The first-order chi connectivity index (χ1) is 10.6. The Hall–Kier alpha value is -1.69. The highest BCUT2D eigenvalue weighted by Gasteiger charge is 2.25. The molecule has 120 valence electrons. The van der Waals surface area contributed by atoms with Gasteiger partial charge in [-0.1, -0.05) is 0 Å². The lowest BCUT2D eigenvalue weighted by atomic mass is 9.95. The van der Waals surface area contributed by atoms with Gasteiger partial charge in [0, 0.05) is 31.5 Å². The number of anilines is 1. The molecular formula is C16H25N5O. The van der Waals surface area contributed by atoms with Crippen molar-refractivity contribution in [3.05, 3.63) is 18.1 Å². The van der Waals surface area contributed by atoms with E-state index in [1.165, 1.54) is 19.4 Å². The molecule has 6 nitrogen and oxygen atoms in total. The van der Waals surface area contributed by atoms with Crippen molar-refractivity contribution in [3.8, 4) is 0 Å². The zero-order chi connectivity index (χ0) is 15.5. The second-order valence-corrected chi connectivity index (χ2v) is 6.56. The van der Waals surface area contributed by atoms with Crippen LogP contribution in [0.2, 0.25) is 0 Å². The molecule has 0 aliphatic carbocycles. The second-order valence-electron chi connectivity index (χ2n) is 6.56. The lowest BCUT2D eigenvalue weighted by Gasteiger charge is -2.32. The number of hydrogen-bond donors (Lipinski definition) is 1. The molecule has 0 radical (unpaired) electrons. The van der Waals surface area contributed by atoms with E-state index in [2.05, 4.69) is 26.8 Å². The van der Waals surface area contributed by atoms with Crippen molar-refractivity contribution >= 4 is 11.7 Å². The van der Waals surface area contributed by atoms with Gasteiger partial charge in [0.05, 0.1) is 18.1 Å². The largest absolute Gasteiger partial charge is 0.369 e. The number of aromatic nitrogens is 2. The fraction of sp³-hybridized carbons (Fsp3) is 0.688. The second kappa shape index (κ2) is 6.60. The highest BCUT2D eigenvalue weighted by molar-refractivity contribution is 5.76. The molecule has 1 unspecified atom stereocenters. The number of rotatable bonds is 3. The van der Waals surface area contributed by atoms with Crippen molar-refractivity contribution in [2.75, 3.05) is 38.1 Å². The van der Waals surface area contributed by atoms with Gasteiger partial charge in [-0.2, -0.15) is 0 Å². The molecule has 2 aliphatic rings. The van der Waals surface area contributed by atoms with Crippen LogP contribution in [0.4, 0.5) is 5.82 Å². The van der Waals surface area contributed by atoms with E-state index in [9.17, 15) is 4.79 Å². The Morgan fingerprint density at radius 2 is 1.95 bits per heavy atom. The molecule has 2 saturated heterocycles. The molecule has 2 aliphatic heterocycles. The first-order valence-corrected chi connectivity index (χ1v) is 8.18. The van der Waals surface area contributed by atoms with Crippen molar-refractivity contribution < 1.29 is 4.79 Å². The summed E-state index contributed by atoms with van der Waals surface area (Å²) in [6.07, 6.45) is 7.86. The normalized spacial score (nSPS) is 24.4. The highest BCUT2D eigenvalue weighted by Crippen LogP contribution is 2.26. The summed E-state index contributed by atoms with van der Waals surface area (Å²) < 4.78 is 0. The molecule has 0 aromatic carbocycles. The average Bonchev–Trinajstić information content (AvgIpc) is 2.55. The Kier molecular flexibility index (Phi) is 4.57. The Labute approximate surface area is 131 Å². The van der Waals surface area contributed by atoms with Crippen LogP contribution in [0.15, 0.2) is 12.4 Å². The molecular weight excluding hydrogens is 278 g/mol. The van der Waals surface area contributed by atoms with E-state index < -0.39 is 0 Å². The molecule has 6 heteroatoms. The van der Waals surface area contributed by atoms with Crippen LogP contribution in [0.5, 0.6) is 0 Å². The van der Waals surface area contributed by atoms with Crippen LogP contribution in [-0.2, 0) is 4.79 Å². The molecule has 3 heterocycles. The third-order valence-electron chi connectivity index (χ3n) is 4.92. The van der Waals surface area contributed by atoms with E-state index in [1.54, 1.807) is 0 Å². The molecule has 0 saturated carbocycles. The summed E-state index contributed by atoms with van der Waals surface area (Å²) >= 11 is 0. The van der Waals surface area contributed by atoms with Crippen LogP contribution in [0.3, 0.4) is 0 Å². The maximum Gasteiger partial charge on any atom is 0.220 e. The van der Waals surface area contributed by atoms with Gasteiger partial charge < -0.3 is 15.5 Å². The van der Waals surface area contributed by atoms with Gasteiger partial charge in [-0.3, -0.25) is 9.78 Å². The zero-order valence-electron chi connectivity index (χ0n) is 13.2. The topological polar surface area (TPSA) is 75.3 Å². The number of nitrogens with two attached hydrogens (primary N) is 1. The Balaban J connectivity index is 1.61. The van der Waals surface area contributed by atoms with Crippen LogP contribution in [0, 0.1) is 5.92 Å². The van der Waals surface area contributed by atoms with Gasteiger partial charge in [-0.25, -0.2) is 4.98 Å². The van der Waals surface area contributed by atoms with Gasteiger partial charge in [0.15, 0.2) is 0 Å². The average molecular weight is 303 g/mol. The number of nitrogens with zero attached hydrogens (tertiary/aromatic N) is 4. The van der Waals surface area contributed by atoms with Crippen molar-refractivity contribution in [2.24, 2.45) is 11.7 Å². The quantitative estimate of drug-likeness (QED) is 0.901. The van der Waals surface area contributed by atoms with Crippen molar-refractivity contribution in [1.82, 2.24) is 14.9 Å². The summed E-state index contributed by atoms with van der Waals surface area (Å²) in [5.41, 5.74) is 6.47. The van der Waals surface area contributed by atoms with Crippen molar-refractivity contribution in [1.29, 1.82) is 0 Å². The smallest absolute Gasteiger partial charge is 0.220 e. The first-order valence-electron chi connectivity index (χ1n) is 8.18. The summed E-state index contributed by atoms with van der Waals surface area (Å²) in [5, 5.41) is 0. The molecule has 1 aromatic heterocycles. The standard InChI is InChI=1S/C16H25N5O/c1-20-6-2-3-13(11-20)14-9-19-15(10-18-14)21-7-4-12(5-8-21)16(17)22/h9-10,12-13H,2-8,11H2,1H3,(H2,17,22). The maximum atomic E-state index is 11.2. The summed E-state index contributed by atoms with van der Waals surface area (Å²) in [4.78, 5) is 25.0. The molecule has 2 fully saturated rings. The lowest BCUT2D eigenvalue weighted by Crippen LogP contribution is -2.39. The van der Waals surface area contributed by atoms with Gasteiger partial charge in [0.1, 0.15) is 5.82 Å². The number of primary amides is 1. The number of carbonyl (C=O) groups is 1. The Bertz CT molecular complexity index is 510. The van der Waals surface area contributed by atoms with Gasteiger partial charge in [0.2, 0.25) is 5.91 Å². The van der Waals surface area contributed by atoms with Gasteiger partial charge in [0.25, 0.3) is 0 Å². The van der Waals surface area contributed by atoms with Gasteiger partial charge >= 0.3 is 0 Å². The van der Waals surface area contributed by atoms with Crippen LogP contribution in [-0.4, -0.2) is 54.0 Å². The molecule has 0 spiro atoms. The molecule has 1 aromatic rings. The maximum absolute atomic E-state index is 11.2. The fourth-order valence-corrected chi connectivity index (χ4v) is 3.51. The van der Waals surface area contributed by atoms with Crippen molar-refractivity contribution in [2.45, 2.75) is 31.6 Å². The summed E-state index contributed by atoms with van der Waals surface area (Å²) in [6.45, 7) is 3.90. The number of likely N-dealkylation sites (tertiary alicyclic amines) is 1. The first kappa shape index (κ1) is 15.2. The molecule has 2 N–H and O–H groups in total. The molecule has 1 atom stereocenters. The summed E-state index contributed by atoms with van der Waals surface area (Å²) in [7, 11) is 2.16. The molecule has 1 amide bonds. The summed E-state index contributed by atoms with van der Waals surface area (Å²) in [5.74, 6) is 1.25. The van der Waals surface area contributed by atoms with E-state index in [-0.39, 0.29) is 11.8 Å². The van der Waals surface area contributed by atoms with E-state index in [0.717, 1.165) is 44.0 Å². The van der Waals surface area contributed by atoms with E-state index in [0.29, 0.717) is 5.92 Å². The van der Waals surface area contributed by atoms with Crippen LogP contribution >= 0.6 is 0 Å². The van der Waals surface area contributed by atoms with E-state index in [4.69, 9.17) is 5.73 Å². The van der Waals surface area contributed by atoms with E-state index in [1.807, 2.05) is 12.4 Å². The van der Waals surface area contributed by atoms with E-state index >= 15 is 0 Å². The minimum atomic E-state index is -0.178. The SMILES string of the molecule is CN1CCCC(c2cnc(N3CCC(C(N)=O)CC3)cn2)C1. The van der Waals surface area contributed by atoms with Crippen LogP contribution in [0.25, 0.3) is 0 Å². The van der Waals surface area contributed by atoms with Gasteiger partial charge in [-0.05, 0) is 39.3 Å². The minimum Gasteiger partial charge on any atom is -0.369 e. The monoisotopic (exact) mass is 303 g/mol. The number of carbonyl (C=O) groups excluding carboxylic acids is 1.